The Morgan fingerprint density at radius 3 is 2.53 bits per heavy atom. The molecular weight excluding hydrogens is 857 g/mol. The Bertz CT molecular complexity index is 2820. The van der Waals surface area contributed by atoms with Gasteiger partial charge in [0, 0.05) is 72.2 Å². The first-order valence-corrected chi connectivity index (χ1v) is 22.1. The molecular formula is C49H45ClFN5O7S. The Hall–Kier alpha value is -6.32. The monoisotopic (exact) mass is 901 g/mol. The highest BCUT2D eigenvalue weighted by molar-refractivity contribution is 7.23. The number of carboxylic acid groups (broad SMARTS) is 1. The van der Waals surface area contributed by atoms with Crippen molar-refractivity contribution in [3.8, 4) is 61.8 Å². The van der Waals surface area contributed by atoms with Crippen molar-refractivity contribution >= 4 is 39.0 Å². The van der Waals surface area contributed by atoms with Gasteiger partial charge in [-0.25, -0.2) is 24.1 Å². The summed E-state index contributed by atoms with van der Waals surface area (Å²) in [6.45, 7) is 6.33. The summed E-state index contributed by atoms with van der Waals surface area (Å²) in [6.07, 6.45) is 1.30. The number of halogens is 2. The summed E-state index contributed by atoms with van der Waals surface area (Å²) in [4.78, 5) is 32.6. The first kappa shape index (κ1) is 43.0. The number of pyridine rings is 1. The molecule has 4 aromatic carbocycles. The van der Waals surface area contributed by atoms with Crippen molar-refractivity contribution in [1.29, 1.82) is 0 Å². The van der Waals surface area contributed by atoms with E-state index in [1.54, 1.807) is 55.9 Å². The lowest BCUT2D eigenvalue weighted by molar-refractivity contribution is -0.145. The molecule has 1 saturated heterocycles. The minimum atomic E-state index is -1.41. The van der Waals surface area contributed by atoms with Gasteiger partial charge in [-0.05, 0) is 91.3 Å². The van der Waals surface area contributed by atoms with E-state index in [2.05, 4.69) is 26.8 Å². The van der Waals surface area contributed by atoms with Crippen LogP contribution in [0.1, 0.15) is 16.8 Å². The average molecular weight is 902 g/mol. The van der Waals surface area contributed by atoms with Crippen LogP contribution in [0, 0.1) is 12.7 Å². The Labute approximate surface area is 378 Å². The van der Waals surface area contributed by atoms with E-state index < -0.39 is 18.2 Å². The normalized spacial score (nSPS) is 17.0. The highest BCUT2D eigenvalue weighted by Crippen LogP contribution is 2.50. The summed E-state index contributed by atoms with van der Waals surface area (Å²) in [5.41, 5.74) is 4.86. The molecule has 10 rings (SSSR count). The minimum absolute atomic E-state index is 0.0556. The van der Waals surface area contributed by atoms with E-state index in [0.717, 1.165) is 63.6 Å². The molecule has 3 aliphatic rings. The largest absolute Gasteiger partial charge is 0.496 e. The predicted molar refractivity (Wildman–Crippen MR) is 245 cm³/mol. The number of para-hydroxylation sites is 1. The summed E-state index contributed by atoms with van der Waals surface area (Å²) in [6, 6.07) is 26.5. The lowest BCUT2D eigenvalue weighted by Crippen LogP contribution is -2.49. The zero-order valence-electron chi connectivity index (χ0n) is 35.4. The molecule has 0 radical (unpaired) electrons. The Kier molecular flexibility index (Phi) is 12.6. The third kappa shape index (κ3) is 9.18. The smallest absolute Gasteiger partial charge is 0.345 e. The van der Waals surface area contributed by atoms with Crippen molar-refractivity contribution in [1.82, 2.24) is 24.8 Å². The van der Waals surface area contributed by atoms with Gasteiger partial charge in [0.15, 0.2) is 5.82 Å². The second kappa shape index (κ2) is 18.8. The van der Waals surface area contributed by atoms with Gasteiger partial charge in [-0.15, -0.1) is 11.3 Å². The molecule has 6 heterocycles. The number of hydrogen-bond acceptors (Lipinski definition) is 12. The molecule has 12 nitrogen and oxygen atoms in total. The quantitative estimate of drug-likeness (QED) is 0.148. The first-order valence-electron chi connectivity index (χ1n) is 20.9. The molecule has 4 bridgehead atoms. The van der Waals surface area contributed by atoms with Crippen LogP contribution in [-0.4, -0.2) is 102 Å². The van der Waals surface area contributed by atoms with Gasteiger partial charge in [0.25, 0.3) is 0 Å². The number of ether oxygens (including phenoxy) is 5. The van der Waals surface area contributed by atoms with Gasteiger partial charge in [-0.1, -0.05) is 41.9 Å². The Morgan fingerprint density at radius 1 is 0.938 bits per heavy atom. The summed E-state index contributed by atoms with van der Waals surface area (Å²) >= 11 is 8.72. The van der Waals surface area contributed by atoms with Gasteiger partial charge < -0.3 is 33.7 Å². The molecule has 15 heteroatoms. The van der Waals surface area contributed by atoms with Gasteiger partial charge in [0.1, 0.15) is 48.1 Å². The number of thiophene rings is 1. The fraction of sp³-hybridized carbons (Fsp3) is 0.265. The number of likely N-dealkylation sites (N-methyl/N-ethyl adjacent to an activating group) is 1. The molecule has 328 valence electrons. The van der Waals surface area contributed by atoms with Crippen LogP contribution in [0.2, 0.25) is 5.02 Å². The molecule has 0 saturated carbocycles. The number of piperazine rings is 1. The number of methoxy groups -OCH3 is 1. The molecule has 2 atom stereocenters. The van der Waals surface area contributed by atoms with Crippen molar-refractivity contribution in [2.24, 2.45) is 0 Å². The summed E-state index contributed by atoms with van der Waals surface area (Å²) in [5, 5.41) is 11.8. The Balaban J connectivity index is 1.13. The summed E-state index contributed by atoms with van der Waals surface area (Å²) in [5.74, 6) is 1.08. The fourth-order valence-electron chi connectivity index (χ4n) is 8.05. The maximum Gasteiger partial charge on any atom is 0.345 e. The van der Waals surface area contributed by atoms with E-state index in [0.29, 0.717) is 57.0 Å². The molecule has 1 fully saturated rings. The molecule has 0 aliphatic carbocycles. The second-order valence-electron chi connectivity index (χ2n) is 15.8. The summed E-state index contributed by atoms with van der Waals surface area (Å²) in [7, 11) is 3.71. The SMILES string of the molecule is COc1ccccc1-c1nccc(COc2ccc3cc2C[C@H](C(=O)O)Oc2nccc4sc(-c5ccc(F)cc5)c(c24)-c2ccc(c(Cl)c2C)O[C@H](CN2CCN(C)CC2)CO3)n1. The van der Waals surface area contributed by atoms with Crippen molar-refractivity contribution < 1.29 is 38.0 Å². The first-order chi connectivity index (χ1) is 31.1. The van der Waals surface area contributed by atoms with E-state index in [1.165, 1.54) is 23.5 Å². The van der Waals surface area contributed by atoms with Gasteiger partial charge in [0.2, 0.25) is 12.0 Å². The van der Waals surface area contributed by atoms with Crippen LogP contribution in [0.15, 0.2) is 103 Å². The minimum Gasteiger partial charge on any atom is -0.496 e. The van der Waals surface area contributed by atoms with E-state index in [9.17, 15) is 14.3 Å². The van der Waals surface area contributed by atoms with Crippen molar-refractivity contribution in [2.45, 2.75) is 32.2 Å². The van der Waals surface area contributed by atoms with E-state index in [4.69, 9.17) is 40.3 Å². The third-order valence-corrected chi connectivity index (χ3v) is 13.2. The van der Waals surface area contributed by atoms with Gasteiger partial charge in [0.05, 0.1) is 28.8 Å². The molecule has 0 unspecified atom stereocenters. The zero-order chi connectivity index (χ0) is 44.3. The highest BCUT2D eigenvalue weighted by atomic mass is 35.5. The lowest BCUT2D eigenvalue weighted by Gasteiger charge is -2.34. The molecule has 0 amide bonds. The van der Waals surface area contributed by atoms with Crippen LogP contribution in [0.5, 0.6) is 28.9 Å². The molecule has 3 aliphatic heterocycles. The number of hydrogen-bond donors (Lipinski definition) is 1. The molecule has 3 aromatic heterocycles. The number of benzene rings is 4. The van der Waals surface area contributed by atoms with E-state index in [-0.39, 0.29) is 31.3 Å². The van der Waals surface area contributed by atoms with Crippen LogP contribution in [0.25, 0.3) is 43.0 Å². The van der Waals surface area contributed by atoms with Crippen LogP contribution in [0.3, 0.4) is 0 Å². The highest BCUT2D eigenvalue weighted by Gasteiger charge is 2.29. The van der Waals surface area contributed by atoms with Gasteiger partial charge >= 0.3 is 5.97 Å². The predicted octanol–water partition coefficient (Wildman–Crippen LogP) is 9.24. The standard InChI is InChI=1S/C49H45ClFN5O7S/c1-29-36-13-15-40(45(29)50)62-35(26-56-22-20-55(2)21-23-56)28-60-34-12-14-38(61-27-33-16-18-52-47(54-33)37-6-4-5-7-39(37)59-3)31(24-34)25-41(49(57)58)63-48-44-42(17-19-53-48)64-46(43(36)44)30-8-10-32(51)11-9-30/h4-19,24,35,41H,20-23,25-28H2,1-3H3,(H,57,58)/t35-,41-/m1/s1. The zero-order valence-corrected chi connectivity index (χ0v) is 37.0. The van der Waals surface area contributed by atoms with Crippen LogP contribution >= 0.6 is 22.9 Å². The topological polar surface area (TPSA) is 129 Å². The third-order valence-electron chi connectivity index (χ3n) is 11.5. The number of fused-ring (bicyclic) bond motifs is 7. The van der Waals surface area contributed by atoms with Gasteiger partial charge in [-0.2, -0.15) is 0 Å². The van der Waals surface area contributed by atoms with E-state index >= 15 is 0 Å². The second-order valence-corrected chi connectivity index (χ2v) is 17.2. The average Bonchev–Trinajstić information content (AvgIpc) is 3.70. The van der Waals surface area contributed by atoms with Crippen LogP contribution < -0.4 is 23.7 Å². The fourth-order valence-corrected chi connectivity index (χ4v) is 9.46. The number of carbonyl (C=O) groups is 1. The van der Waals surface area contributed by atoms with Crippen molar-refractivity contribution in [3.05, 3.63) is 131 Å². The number of nitrogens with zero attached hydrogens (tertiary/aromatic N) is 5. The van der Waals surface area contributed by atoms with Crippen LogP contribution in [0.4, 0.5) is 4.39 Å². The number of aromatic nitrogens is 3. The van der Waals surface area contributed by atoms with Crippen molar-refractivity contribution in [3.63, 3.8) is 0 Å². The molecule has 1 N–H and O–H groups in total. The number of carboxylic acids is 1. The summed E-state index contributed by atoms with van der Waals surface area (Å²) < 4.78 is 46.8. The molecule has 7 aromatic rings. The molecule has 0 spiro atoms. The Morgan fingerprint density at radius 2 is 1.73 bits per heavy atom. The molecule has 64 heavy (non-hydrogen) atoms. The maximum absolute atomic E-state index is 14.3. The van der Waals surface area contributed by atoms with Crippen LogP contribution in [-0.2, 0) is 17.8 Å². The van der Waals surface area contributed by atoms with Gasteiger partial charge in [-0.3, -0.25) is 4.90 Å². The van der Waals surface area contributed by atoms with Crippen molar-refractivity contribution in [2.75, 3.05) is 53.5 Å². The lowest BCUT2D eigenvalue weighted by atomic mass is 9.95. The number of aliphatic carboxylic acids is 1. The number of rotatable bonds is 9. The van der Waals surface area contributed by atoms with E-state index in [1.807, 2.05) is 49.4 Å². The maximum atomic E-state index is 14.3.